The van der Waals surface area contributed by atoms with Crippen LogP contribution in [0.2, 0.25) is 0 Å². The van der Waals surface area contributed by atoms with Crippen LogP contribution < -0.4 is 4.74 Å². The third-order valence-electron chi connectivity index (χ3n) is 3.83. The van der Waals surface area contributed by atoms with Crippen LogP contribution in [-0.4, -0.2) is 47.3 Å². The van der Waals surface area contributed by atoms with Crippen LogP contribution in [0.15, 0.2) is 24.3 Å². The smallest absolute Gasteiger partial charge is 0.325 e. The first kappa shape index (κ1) is 15.3. The fourth-order valence-electron chi connectivity index (χ4n) is 2.74. The number of aliphatic carboxylic acids is 2. The van der Waals surface area contributed by atoms with E-state index in [9.17, 15) is 14.7 Å². The highest BCUT2D eigenvalue weighted by Crippen LogP contribution is 2.28. The maximum Gasteiger partial charge on any atom is 0.325 e. The van der Waals surface area contributed by atoms with Crippen molar-refractivity contribution in [3.05, 3.63) is 29.8 Å². The van der Waals surface area contributed by atoms with E-state index >= 15 is 0 Å². The normalized spacial score (nSPS) is 20.7. The van der Waals surface area contributed by atoms with Crippen LogP contribution >= 0.6 is 0 Å². The Bertz CT molecular complexity index is 513. The Morgan fingerprint density at radius 1 is 1.29 bits per heavy atom. The van der Waals surface area contributed by atoms with Gasteiger partial charge < -0.3 is 14.9 Å². The summed E-state index contributed by atoms with van der Waals surface area (Å²) in [6.45, 7) is 0.852. The minimum absolute atomic E-state index is 0.262. The minimum Gasteiger partial charge on any atom is -0.497 e. The SMILES string of the molecule is COc1ccc(C(C(=O)O)N2CCCC(C(=O)O)C2)cc1. The second-order valence-corrected chi connectivity index (χ2v) is 5.19. The first-order valence-electron chi connectivity index (χ1n) is 6.86. The van der Waals surface area contributed by atoms with Gasteiger partial charge in [0, 0.05) is 6.54 Å². The Morgan fingerprint density at radius 3 is 2.48 bits per heavy atom. The fourth-order valence-corrected chi connectivity index (χ4v) is 2.74. The van der Waals surface area contributed by atoms with Crippen molar-refractivity contribution in [3.8, 4) is 5.75 Å². The summed E-state index contributed by atoms with van der Waals surface area (Å²) in [5.74, 6) is -1.67. The van der Waals surface area contributed by atoms with Crippen LogP contribution in [0.1, 0.15) is 24.4 Å². The number of piperidine rings is 1. The highest BCUT2D eigenvalue weighted by molar-refractivity contribution is 5.76. The van der Waals surface area contributed by atoms with Gasteiger partial charge >= 0.3 is 11.9 Å². The van der Waals surface area contributed by atoms with Gasteiger partial charge in [-0.1, -0.05) is 12.1 Å². The molecule has 0 bridgehead atoms. The van der Waals surface area contributed by atoms with E-state index in [1.54, 1.807) is 36.3 Å². The van der Waals surface area contributed by atoms with Gasteiger partial charge in [0.1, 0.15) is 11.8 Å². The molecular weight excluding hydrogens is 274 g/mol. The molecule has 1 saturated heterocycles. The number of ether oxygens (including phenoxy) is 1. The second-order valence-electron chi connectivity index (χ2n) is 5.19. The van der Waals surface area contributed by atoms with E-state index in [1.807, 2.05) is 0 Å². The second kappa shape index (κ2) is 6.58. The molecule has 0 aliphatic carbocycles. The van der Waals surface area contributed by atoms with Crippen LogP contribution in [-0.2, 0) is 9.59 Å². The van der Waals surface area contributed by atoms with E-state index < -0.39 is 23.9 Å². The van der Waals surface area contributed by atoms with E-state index in [4.69, 9.17) is 9.84 Å². The average Bonchev–Trinajstić information content (AvgIpc) is 2.48. The summed E-state index contributed by atoms with van der Waals surface area (Å²) >= 11 is 0. The van der Waals surface area contributed by atoms with Gasteiger partial charge in [0.05, 0.1) is 13.0 Å². The first-order valence-corrected chi connectivity index (χ1v) is 6.86. The molecule has 2 unspecified atom stereocenters. The topological polar surface area (TPSA) is 87.1 Å². The first-order chi connectivity index (χ1) is 10.0. The van der Waals surface area contributed by atoms with Crippen molar-refractivity contribution in [3.63, 3.8) is 0 Å². The van der Waals surface area contributed by atoms with E-state index in [0.29, 0.717) is 30.7 Å². The highest BCUT2D eigenvalue weighted by atomic mass is 16.5. The third-order valence-corrected chi connectivity index (χ3v) is 3.83. The monoisotopic (exact) mass is 293 g/mol. The van der Waals surface area contributed by atoms with Gasteiger partial charge in [0.2, 0.25) is 0 Å². The van der Waals surface area contributed by atoms with Crippen molar-refractivity contribution in [1.82, 2.24) is 4.90 Å². The predicted molar refractivity (Wildman–Crippen MR) is 75.3 cm³/mol. The Hall–Kier alpha value is -2.08. The molecule has 2 N–H and O–H groups in total. The number of nitrogens with zero attached hydrogens (tertiary/aromatic N) is 1. The maximum atomic E-state index is 11.6. The molecule has 1 fully saturated rings. The van der Waals surface area contributed by atoms with E-state index in [-0.39, 0.29) is 6.54 Å². The molecule has 0 saturated carbocycles. The highest BCUT2D eigenvalue weighted by Gasteiger charge is 2.33. The lowest BCUT2D eigenvalue weighted by Gasteiger charge is -2.35. The minimum atomic E-state index is -0.966. The molecule has 1 aliphatic heterocycles. The zero-order valence-electron chi connectivity index (χ0n) is 11.9. The van der Waals surface area contributed by atoms with Gasteiger partial charge in [-0.25, -0.2) is 0 Å². The van der Waals surface area contributed by atoms with Crippen LogP contribution in [0.5, 0.6) is 5.75 Å². The molecule has 0 radical (unpaired) electrons. The molecular formula is C15H19NO5. The zero-order valence-corrected chi connectivity index (χ0v) is 11.9. The molecule has 1 aromatic rings. The van der Waals surface area contributed by atoms with Crippen molar-refractivity contribution >= 4 is 11.9 Å². The number of carboxylic acids is 2. The standard InChI is InChI=1S/C15H19NO5/c1-21-12-6-4-10(5-7-12)13(15(19)20)16-8-2-3-11(9-16)14(17)18/h4-7,11,13H,2-3,8-9H2,1H3,(H,17,18)(H,19,20). The number of hydrogen-bond acceptors (Lipinski definition) is 4. The summed E-state index contributed by atoms with van der Waals surface area (Å²) in [5, 5.41) is 18.6. The number of methoxy groups -OCH3 is 1. The molecule has 21 heavy (non-hydrogen) atoms. The van der Waals surface area contributed by atoms with Crippen LogP contribution in [0.4, 0.5) is 0 Å². The zero-order chi connectivity index (χ0) is 15.4. The Morgan fingerprint density at radius 2 is 1.95 bits per heavy atom. The number of hydrogen-bond donors (Lipinski definition) is 2. The summed E-state index contributed by atoms with van der Waals surface area (Å²) in [4.78, 5) is 24.5. The Labute approximate surface area is 122 Å². The lowest BCUT2D eigenvalue weighted by molar-refractivity contribution is -0.149. The number of carbonyl (C=O) groups is 2. The van der Waals surface area contributed by atoms with Crippen molar-refractivity contribution in [2.75, 3.05) is 20.2 Å². The van der Waals surface area contributed by atoms with Gasteiger partial charge in [-0.2, -0.15) is 0 Å². The molecule has 0 spiro atoms. The van der Waals surface area contributed by atoms with Crippen LogP contribution in [0.25, 0.3) is 0 Å². The van der Waals surface area contributed by atoms with Gasteiger partial charge in [0.15, 0.2) is 0 Å². The van der Waals surface area contributed by atoms with Crippen LogP contribution in [0.3, 0.4) is 0 Å². The van der Waals surface area contributed by atoms with E-state index in [2.05, 4.69) is 0 Å². The van der Waals surface area contributed by atoms with Gasteiger partial charge in [-0.3, -0.25) is 14.5 Å². The lowest BCUT2D eigenvalue weighted by Crippen LogP contribution is -2.43. The van der Waals surface area contributed by atoms with E-state index in [0.717, 1.165) is 0 Å². The van der Waals surface area contributed by atoms with E-state index in [1.165, 1.54) is 0 Å². The molecule has 0 aromatic heterocycles. The number of benzene rings is 1. The third kappa shape index (κ3) is 3.52. The Kier molecular flexibility index (Phi) is 4.80. The van der Waals surface area contributed by atoms with Gasteiger partial charge in [-0.05, 0) is 37.1 Å². The Balaban J connectivity index is 2.21. The lowest BCUT2D eigenvalue weighted by atomic mass is 9.95. The summed E-state index contributed by atoms with van der Waals surface area (Å²) in [5.41, 5.74) is 0.634. The molecule has 0 amide bonds. The van der Waals surface area contributed by atoms with Gasteiger partial charge in [-0.15, -0.1) is 0 Å². The van der Waals surface area contributed by atoms with Gasteiger partial charge in [0.25, 0.3) is 0 Å². The molecule has 2 atom stereocenters. The largest absolute Gasteiger partial charge is 0.497 e. The molecule has 6 heteroatoms. The quantitative estimate of drug-likeness (QED) is 0.857. The molecule has 2 rings (SSSR count). The number of carboxylic acid groups (broad SMARTS) is 2. The summed E-state index contributed by atoms with van der Waals surface area (Å²) in [7, 11) is 1.55. The summed E-state index contributed by atoms with van der Waals surface area (Å²) in [6.07, 6.45) is 1.29. The number of rotatable bonds is 5. The molecule has 1 aromatic carbocycles. The number of likely N-dealkylation sites (tertiary alicyclic amines) is 1. The molecule has 1 heterocycles. The molecule has 6 nitrogen and oxygen atoms in total. The van der Waals surface area contributed by atoms with Crippen molar-refractivity contribution in [2.45, 2.75) is 18.9 Å². The van der Waals surface area contributed by atoms with Crippen molar-refractivity contribution in [1.29, 1.82) is 0 Å². The fraction of sp³-hybridized carbons (Fsp3) is 0.467. The van der Waals surface area contributed by atoms with Crippen molar-refractivity contribution < 1.29 is 24.5 Å². The van der Waals surface area contributed by atoms with Crippen molar-refractivity contribution in [2.24, 2.45) is 5.92 Å². The maximum absolute atomic E-state index is 11.6. The predicted octanol–water partition coefficient (Wildman–Crippen LogP) is 1.62. The molecule has 1 aliphatic rings. The average molecular weight is 293 g/mol. The molecule has 114 valence electrons. The summed E-state index contributed by atoms with van der Waals surface area (Å²) in [6, 6.07) is 6.02. The van der Waals surface area contributed by atoms with Crippen LogP contribution in [0, 0.1) is 5.92 Å². The summed E-state index contributed by atoms with van der Waals surface area (Å²) < 4.78 is 5.06.